The molecule has 2 unspecified atom stereocenters. The van der Waals surface area contributed by atoms with Crippen LogP contribution in [0.1, 0.15) is 56.6 Å². The van der Waals surface area contributed by atoms with Crippen LogP contribution in [0.25, 0.3) is 11.1 Å². The minimum Gasteiger partial charge on any atom is -0.465 e. The highest BCUT2D eigenvalue weighted by atomic mass is 16.5. The molecule has 0 saturated carbocycles. The van der Waals surface area contributed by atoms with Crippen LogP contribution < -0.4 is 5.73 Å². The predicted molar refractivity (Wildman–Crippen MR) is 107 cm³/mol. The van der Waals surface area contributed by atoms with Crippen LogP contribution in [0, 0.1) is 0 Å². The van der Waals surface area contributed by atoms with E-state index in [2.05, 4.69) is 24.3 Å². The number of carbonyl (C=O) groups is 1. The molecule has 27 heavy (non-hydrogen) atoms. The first kappa shape index (κ1) is 19.6. The number of hydrogen-bond acceptors (Lipinski definition) is 4. The molecule has 3 N–H and O–H groups in total. The second-order valence-corrected chi connectivity index (χ2v) is 7.95. The maximum absolute atomic E-state index is 12.3. The van der Waals surface area contributed by atoms with E-state index in [-0.39, 0.29) is 24.3 Å². The van der Waals surface area contributed by atoms with E-state index in [0.717, 1.165) is 12.8 Å². The van der Waals surface area contributed by atoms with Crippen molar-refractivity contribution in [3.05, 3.63) is 59.7 Å². The van der Waals surface area contributed by atoms with E-state index in [1.807, 2.05) is 31.2 Å². The van der Waals surface area contributed by atoms with Gasteiger partial charge in [-0.2, -0.15) is 0 Å². The van der Waals surface area contributed by atoms with E-state index in [0.29, 0.717) is 13.0 Å². The van der Waals surface area contributed by atoms with Gasteiger partial charge in [0, 0.05) is 12.0 Å². The monoisotopic (exact) mass is 367 g/mol. The molecule has 3 rings (SSSR count). The topological polar surface area (TPSA) is 72.5 Å². The van der Waals surface area contributed by atoms with Crippen molar-refractivity contribution >= 4 is 5.97 Å². The van der Waals surface area contributed by atoms with Crippen molar-refractivity contribution in [2.45, 2.75) is 57.1 Å². The van der Waals surface area contributed by atoms with Crippen molar-refractivity contribution < 1.29 is 14.6 Å². The lowest BCUT2D eigenvalue weighted by molar-refractivity contribution is -0.149. The Morgan fingerprint density at radius 2 is 1.70 bits per heavy atom. The summed E-state index contributed by atoms with van der Waals surface area (Å²) in [6.07, 6.45) is 2.17. The van der Waals surface area contributed by atoms with Crippen molar-refractivity contribution in [1.29, 1.82) is 0 Å². The van der Waals surface area contributed by atoms with Gasteiger partial charge in [0.05, 0.1) is 12.0 Å². The molecule has 0 aromatic heterocycles. The van der Waals surface area contributed by atoms with Crippen LogP contribution in [0.2, 0.25) is 0 Å². The molecular weight excluding hydrogens is 338 g/mol. The summed E-state index contributed by atoms with van der Waals surface area (Å²) in [4.78, 5) is 12.3. The van der Waals surface area contributed by atoms with E-state index >= 15 is 0 Å². The van der Waals surface area contributed by atoms with Gasteiger partial charge in [-0.05, 0) is 55.4 Å². The second-order valence-electron chi connectivity index (χ2n) is 7.95. The Bertz CT molecular complexity index is 752. The molecule has 2 atom stereocenters. The molecule has 0 amide bonds. The van der Waals surface area contributed by atoms with E-state index in [1.54, 1.807) is 6.92 Å². The summed E-state index contributed by atoms with van der Waals surface area (Å²) in [5.74, 6) is -0.313. The molecule has 2 aromatic carbocycles. The lowest BCUT2D eigenvalue weighted by Gasteiger charge is -2.23. The van der Waals surface area contributed by atoms with Crippen LogP contribution >= 0.6 is 0 Å². The summed E-state index contributed by atoms with van der Waals surface area (Å²) >= 11 is 0. The van der Waals surface area contributed by atoms with Crippen LogP contribution in [0.15, 0.2) is 48.5 Å². The molecular formula is C23H29NO3. The summed E-state index contributed by atoms with van der Waals surface area (Å²) in [6.45, 7) is 3.93. The molecule has 0 heterocycles. The summed E-state index contributed by atoms with van der Waals surface area (Å²) in [5.41, 5.74) is 9.48. The maximum Gasteiger partial charge on any atom is 0.308 e. The number of fused-ring (bicyclic) bond motifs is 3. The smallest absolute Gasteiger partial charge is 0.308 e. The normalized spacial score (nSPS) is 16.3. The highest BCUT2D eigenvalue weighted by Crippen LogP contribution is 2.44. The van der Waals surface area contributed by atoms with Crippen LogP contribution in [-0.2, 0) is 9.53 Å². The van der Waals surface area contributed by atoms with Crippen LogP contribution in [0.5, 0.6) is 0 Å². The van der Waals surface area contributed by atoms with Gasteiger partial charge in [0.25, 0.3) is 0 Å². The number of hydrogen-bond donors (Lipinski definition) is 2. The van der Waals surface area contributed by atoms with E-state index in [1.165, 1.54) is 22.3 Å². The minimum absolute atomic E-state index is 0.00195. The third kappa shape index (κ3) is 4.76. The first-order chi connectivity index (χ1) is 12.9. The van der Waals surface area contributed by atoms with Crippen molar-refractivity contribution in [3.63, 3.8) is 0 Å². The van der Waals surface area contributed by atoms with Gasteiger partial charge in [0.2, 0.25) is 0 Å². The average molecular weight is 367 g/mol. The summed E-state index contributed by atoms with van der Waals surface area (Å²) in [7, 11) is 0. The van der Waals surface area contributed by atoms with Gasteiger partial charge in [0.15, 0.2) is 0 Å². The first-order valence-electron chi connectivity index (χ1n) is 9.69. The second kappa shape index (κ2) is 8.24. The molecule has 144 valence electrons. The Kier molecular flexibility index (Phi) is 5.98. The third-order valence-electron chi connectivity index (χ3n) is 5.27. The highest BCUT2D eigenvalue weighted by Gasteiger charge is 2.30. The van der Waals surface area contributed by atoms with E-state index in [4.69, 9.17) is 10.5 Å². The lowest BCUT2D eigenvalue weighted by atomic mass is 9.94. The van der Waals surface area contributed by atoms with Gasteiger partial charge in [-0.1, -0.05) is 48.5 Å². The molecule has 0 saturated heterocycles. The molecule has 2 aromatic rings. The Labute approximate surface area is 161 Å². The first-order valence-corrected chi connectivity index (χ1v) is 9.69. The zero-order valence-electron chi connectivity index (χ0n) is 16.2. The molecule has 0 spiro atoms. The van der Waals surface area contributed by atoms with Crippen molar-refractivity contribution in [2.24, 2.45) is 5.73 Å². The molecule has 0 bridgehead atoms. The molecule has 4 heteroatoms. The molecule has 0 fully saturated rings. The zero-order valence-corrected chi connectivity index (χ0v) is 16.2. The van der Waals surface area contributed by atoms with Gasteiger partial charge in [-0.3, -0.25) is 4.79 Å². The Morgan fingerprint density at radius 3 is 2.26 bits per heavy atom. The quantitative estimate of drug-likeness (QED) is 0.692. The van der Waals surface area contributed by atoms with Crippen LogP contribution in [-0.4, -0.2) is 29.3 Å². The standard InChI is InChI=1S/C23H29NO3/c1-16(24)8-7-13-23(2,26)14-22(25)27-15-21-19-11-5-3-9-17(19)18-10-4-6-12-20(18)21/h3-6,9-12,16,21,26H,7-8,13-15,24H2,1-2H3. The van der Waals surface area contributed by atoms with Gasteiger partial charge < -0.3 is 15.6 Å². The van der Waals surface area contributed by atoms with Gasteiger partial charge in [-0.15, -0.1) is 0 Å². The average Bonchev–Trinajstić information content (AvgIpc) is 2.93. The fraction of sp³-hybridized carbons (Fsp3) is 0.435. The van der Waals surface area contributed by atoms with Crippen molar-refractivity contribution in [3.8, 4) is 11.1 Å². The summed E-state index contributed by atoms with van der Waals surface area (Å²) in [6, 6.07) is 16.6. The highest BCUT2D eigenvalue weighted by molar-refractivity contribution is 5.79. The molecule has 1 aliphatic rings. The van der Waals surface area contributed by atoms with Crippen molar-refractivity contribution in [1.82, 2.24) is 0 Å². The van der Waals surface area contributed by atoms with E-state index < -0.39 is 5.60 Å². The number of aliphatic hydroxyl groups is 1. The molecule has 4 nitrogen and oxygen atoms in total. The van der Waals surface area contributed by atoms with Crippen molar-refractivity contribution in [2.75, 3.05) is 6.61 Å². The molecule has 0 aliphatic heterocycles. The SMILES string of the molecule is CC(N)CCCC(C)(O)CC(=O)OCC1c2ccccc2-c2ccccc21. The molecule has 1 aliphatic carbocycles. The third-order valence-corrected chi connectivity index (χ3v) is 5.27. The number of rotatable bonds is 8. The number of carbonyl (C=O) groups excluding carboxylic acids is 1. The van der Waals surface area contributed by atoms with Crippen LogP contribution in [0.3, 0.4) is 0 Å². The van der Waals surface area contributed by atoms with Gasteiger partial charge in [-0.25, -0.2) is 0 Å². The fourth-order valence-corrected chi connectivity index (χ4v) is 3.87. The summed E-state index contributed by atoms with van der Waals surface area (Å²) < 4.78 is 5.58. The predicted octanol–water partition coefficient (Wildman–Crippen LogP) is 4.00. The lowest BCUT2D eigenvalue weighted by Crippen LogP contribution is -2.30. The Hall–Kier alpha value is -2.17. The number of benzene rings is 2. The number of esters is 1. The fourth-order valence-electron chi connectivity index (χ4n) is 3.87. The number of ether oxygens (including phenoxy) is 1. The Balaban J connectivity index is 1.61. The number of nitrogens with two attached hydrogens (primary N) is 1. The van der Waals surface area contributed by atoms with Gasteiger partial charge in [0.1, 0.15) is 6.61 Å². The van der Waals surface area contributed by atoms with Gasteiger partial charge >= 0.3 is 5.97 Å². The summed E-state index contributed by atoms with van der Waals surface area (Å²) in [5, 5.41) is 10.5. The maximum atomic E-state index is 12.3. The van der Waals surface area contributed by atoms with E-state index in [9.17, 15) is 9.90 Å². The minimum atomic E-state index is -1.06. The Morgan fingerprint density at radius 1 is 1.15 bits per heavy atom. The van der Waals surface area contributed by atoms with Crippen LogP contribution in [0.4, 0.5) is 0 Å². The molecule has 0 radical (unpaired) electrons. The largest absolute Gasteiger partial charge is 0.465 e. The zero-order chi connectivity index (χ0) is 19.4.